The van der Waals surface area contributed by atoms with E-state index in [1.807, 2.05) is 0 Å². The molecule has 2 N–H and O–H groups in total. The summed E-state index contributed by atoms with van der Waals surface area (Å²) in [5.74, 6) is 0.729. The van der Waals surface area contributed by atoms with Gasteiger partial charge in [0.05, 0.1) is 0 Å². The molecule has 0 heterocycles. The largest absolute Gasteiger partial charge is 0.385 e. The third kappa shape index (κ3) is 3.74. The van der Waals surface area contributed by atoms with Gasteiger partial charge in [0.1, 0.15) is 0 Å². The van der Waals surface area contributed by atoms with Gasteiger partial charge in [0, 0.05) is 26.3 Å². The van der Waals surface area contributed by atoms with Crippen molar-refractivity contribution in [3.05, 3.63) is 0 Å². The van der Waals surface area contributed by atoms with Gasteiger partial charge in [-0.1, -0.05) is 13.3 Å². The van der Waals surface area contributed by atoms with E-state index in [0.29, 0.717) is 0 Å². The molecule has 0 aromatic rings. The van der Waals surface area contributed by atoms with E-state index in [-0.39, 0.29) is 0 Å². The molecule has 0 aliphatic heterocycles. The number of ether oxygens (including phenoxy) is 1. The molecule has 0 saturated heterocycles. The van der Waals surface area contributed by atoms with Crippen LogP contribution in [0.15, 0.2) is 0 Å². The van der Waals surface area contributed by atoms with Gasteiger partial charge in [-0.15, -0.1) is 0 Å². The van der Waals surface area contributed by atoms with Crippen molar-refractivity contribution in [2.24, 2.45) is 11.7 Å². The van der Waals surface area contributed by atoms with E-state index in [1.165, 1.54) is 19.3 Å². The standard InChI is InChI=1S/C12H26N2O/c1-3-14(8-5-9-15-2)12-7-4-6-11(12)10-13/h11-12H,3-10,13H2,1-2H3. The van der Waals surface area contributed by atoms with Gasteiger partial charge in [-0.05, 0) is 38.3 Å². The van der Waals surface area contributed by atoms with Crippen LogP contribution in [0.2, 0.25) is 0 Å². The molecule has 3 nitrogen and oxygen atoms in total. The van der Waals surface area contributed by atoms with E-state index in [1.54, 1.807) is 7.11 Å². The Bertz CT molecular complexity index is 164. The molecule has 90 valence electrons. The molecule has 0 aromatic carbocycles. The average Bonchev–Trinajstić information content (AvgIpc) is 2.72. The molecule has 2 atom stereocenters. The first-order valence-electron chi connectivity index (χ1n) is 6.26. The fourth-order valence-electron chi connectivity index (χ4n) is 2.74. The lowest BCUT2D eigenvalue weighted by Crippen LogP contribution is -2.41. The zero-order chi connectivity index (χ0) is 11.1. The van der Waals surface area contributed by atoms with Gasteiger partial charge in [-0.25, -0.2) is 0 Å². The first-order valence-corrected chi connectivity index (χ1v) is 6.26. The molecule has 1 rings (SSSR count). The van der Waals surface area contributed by atoms with Crippen molar-refractivity contribution in [1.82, 2.24) is 4.90 Å². The maximum atomic E-state index is 5.82. The summed E-state index contributed by atoms with van der Waals surface area (Å²) >= 11 is 0. The van der Waals surface area contributed by atoms with Crippen LogP contribution in [0.1, 0.15) is 32.6 Å². The lowest BCUT2D eigenvalue weighted by molar-refractivity contribution is 0.136. The highest BCUT2D eigenvalue weighted by Crippen LogP contribution is 2.29. The van der Waals surface area contributed by atoms with E-state index < -0.39 is 0 Å². The van der Waals surface area contributed by atoms with Gasteiger partial charge in [0.25, 0.3) is 0 Å². The predicted molar refractivity (Wildman–Crippen MR) is 63.9 cm³/mol. The fraction of sp³-hybridized carbons (Fsp3) is 1.00. The number of hydrogen-bond donors (Lipinski definition) is 1. The van der Waals surface area contributed by atoms with E-state index in [2.05, 4.69) is 11.8 Å². The molecular formula is C12H26N2O. The highest BCUT2D eigenvalue weighted by molar-refractivity contribution is 4.85. The molecule has 0 bridgehead atoms. The van der Waals surface area contributed by atoms with Crippen LogP contribution in [0.4, 0.5) is 0 Å². The molecule has 15 heavy (non-hydrogen) atoms. The normalized spacial score (nSPS) is 26.4. The zero-order valence-electron chi connectivity index (χ0n) is 10.2. The Kier molecular flexibility index (Phi) is 6.22. The van der Waals surface area contributed by atoms with Crippen molar-refractivity contribution < 1.29 is 4.74 Å². The fourth-order valence-corrected chi connectivity index (χ4v) is 2.74. The number of rotatable bonds is 7. The molecule has 0 amide bonds. The van der Waals surface area contributed by atoms with Crippen LogP contribution < -0.4 is 5.73 Å². The number of nitrogens with zero attached hydrogens (tertiary/aromatic N) is 1. The van der Waals surface area contributed by atoms with Gasteiger partial charge in [0.2, 0.25) is 0 Å². The number of nitrogens with two attached hydrogens (primary N) is 1. The monoisotopic (exact) mass is 214 g/mol. The van der Waals surface area contributed by atoms with E-state index in [9.17, 15) is 0 Å². The second-order valence-electron chi connectivity index (χ2n) is 4.47. The topological polar surface area (TPSA) is 38.5 Å². The minimum atomic E-state index is 0.729. The average molecular weight is 214 g/mol. The van der Waals surface area contributed by atoms with Gasteiger partial charge in [0.15, 0.2) is 0 Å². The van der Waals surface area contributed by atoms with Crippen LogP contribution in [0.3, 0.4) is 0 Å². The molecule has 1 saturated carbocycles. The maximum Gasteiger partial charge on any atom is 0.0474 e. The van der Waals surface area contributed by atoms with Crippen LogP contribution >= 0.6 is 0 Å². The second-order valence-corrected chi connectivity index (χ2v) is 4.47. The van der Waals surface area contributed by atoms with Gasteiger partial charge < -0.3 is 15.4 Å². The summed E-state index contributed by atoms with van der Waals surface area (Å²) in [6, 6.07) is 0.733. The Morgan fingerprint density at radius 2 is 2.20 bits per heavy atom. The Balaban J connectivity index is 2.35. The van der Waals surface area contributed by atoms with Crippen molar-refractivity contribution in [3.8, 4) is 0 Å². The maximum absolute atomic E-state index is 5.82. The molecule has 0 spiro atoms. The van der Waals surface area contributed by atoms with Crippen LogP contribution in [0.5, 0.6) is 0 Å². The summed E-state index contributed by atoms with van der Waals surface area (Å²) in [5, 5.41) is 0. The lowest BCUT2D eigenvalue weighted by Gasteiger charge is -2.31. The molecular weight excluding hydrogens is 188 g/mol. The molecule has 2 unspecified atom stereocenters. The van der Waals surface area contributed by atoms with Gasteiger partial charge in [-0.2, -0.15) is 0 Å². The third-order valence-electron chi connectivity index (χ3n) is 3.59. The Morgan fingerprint density at radius 3 is 2.80 bits per heavy atom. The molecule has 1 aliphatic carbocycles. The highest BCUT2D eigenvalue weighted by Gasteiger charge is 2.29. The summed E-state index contributed by atoms with van der Waals surface area (Å²) in [6.45, 7) is 6.27. The third-order valence-corrected chi connectivity index (χ3v) is 3.59. The van der Waals surface area contributed by atoms with Crippen molar-refractivity contribution in [1.29, 1.82) is 0 Å². The van der Waals surface area contributed by atoms with Crippen molar-refractivity contribution in [2.75, 3.05) is 33.4 Å². The Hall–Kier alpha value is -0.120. The summed E-state index contributed by atoms with van der Waals surface area (Å²) < 4.78 is 5.10. The molecule has 0 radical (unpaired) electrons. The van der Waals surface area contributed by atoms with Crippen molar-refractivity contribution in [3.63, 3.8) is 0 Å². The molecule has 1 aliphatic rings. The molecule has 0 aromatic heterocycles. The first-order chi connectivity index (χ1) is 7.33. The molecule has 1 fully saturated rings. The number of hydrogen-bond acceptors (Lipinski definition) is 3. The van der Waals surface area contributed by atoms with Crippen LogP contribution in [0, 0.1) is 5.92 Å². The number of methoxy groups -OCH3 is 1. The van der Waals surface area contributed by atoms with E-state index in [0.717, 1.165) is 44.6 Å². The second kappa shape index (κ2) is 7.20. The Labute approximate surface area is 94.0 Å². The predicted octanol–water partition coefficient (Wildman–Crippen LogP) is 1.47. The summed E-state index contributed by atoms with van der Waals surface area (Å²) in [7, 11) is 1.77. The van der Waals surface area contributed by atoms with E-state index in [4.69, 9.17) is 10.5 Å². The van der Waals surface area contributed by atoms with E-state index >= 15 is 0 Å². The van der Waals surface area contributed by atoms with Crippen LogP contribution in [0.25, 0.3) is 0 Å². The van der Waals surface area contributed by atoms with Crippen molar-refractivity contribution in [2.45, 2.75) is 38.6 Å². The summed E-state index contributed by atoms with van der Waals surface area (Å²) in [6.07, 6.45) is 5.15. The van der Waals surface area contributed by atoms with Gasteiger partial charge >= 0.3 is 0 Å². The van der Waals surface area contributed by atoms with Crippen LogP contribution in [-0.4, -0.2) is 44.3 Å². The lowest BCUT2D eigenvalue weighted by atomic mass is 10.0. The van der Waals surface area contributed by atoms with Crippen LogP contribution in [-0.2, 0) is 4.74 Å². The minimum Gasteiger partial charge on any atom is -0.385 e. The molecule has 3 heteroatoms. The highest BCUT2D eigenvalue weighted by atomic mass is 16.5. The minimum absolute atomic E-state index is 0.729. The summed E-state index contributed by atoms with van der Waals surface area (Å²) in [4.78, 5) is 2.59. The summed E-state index contributed by atoms with van der Waals surface area (Å²) in [5.41, 5.74) is 5.82. The smallest absolute Gasteiger partial charge is 0.0474 e. The SMILES string of the molecule is CCN(CCCOC)C1CCCC1CN. The Morgan fingerprint density at radius 1 is 1.40 bits per heavy atom. The zero-order valence-corrected chi connectivity index (χ0v) is 10.2. The quantitative estimate of drug-likeness (QED) is 0.652. The van der Waals surface area contributed by atoms with Gasteiger partial charge in [-0.3, -0.25) is 0 Å². The van der Waals surface area contributed by atoms with Crippen molar-refractivity contribution >= 4 is 0 Å². The first kappa shape index (κ1) is 12.9.